The van der Waals surface area contributed by atoms with Crippen LogP contribution in [-0.2, 0) is 11.8 Å². The van der Waals surface area contributed by atoms with Gasteiger partial charge in [-0.15, -0.1) is 0 Å². The molecule has 0 unspecified atom stereocenters. The van der Waals surface area contributed by atoms with Gasteiger partial charge in [-0.3, -0.25) is 4.79 Å². The summed E-state index contributed by atoms with van der Waals surface area (Å²) in [5.74, 6) is -1.25. The van der Waals surface area contributed by atoms with Crippen LogP contribution in [0.25, 0.3) is 0 Å². The third-order valence-corrected chi connectivity index (χ3v) is 5.12. The molecule has 1 aliphatic heterocycles. The molecule has 8 heteroatoms. The normalized spacial score (nSPS) is 17.0. The summed E-state index contributed by atoms with van der Waals surface area (Å²) in [6, 6.07) is 9.21. The van der Waals surface area contributed by atoms with E-state index in [1.807, 2.05) is 0 Å². The third-order valence-electron chi connectivity index (χ3n) is 4.79. The fraction of sp³-hybridized carbons (Fsp3) is 0.316. The fourth-order valence-corrected chi connectivity index (χ4v) is 3.63. The summed E-state index contributed by atoms with van der Waals surface area (Å²) in [6.45, 7) is 0.126. The zero-order chi connectivity index (χ0) is 19.8. The highest BCUT2D eigenvalue weighted by Gasteiger charge is 2.40. The van der Waals surface area contributed by atoms with Gasteiger partial charge in [0.15, 0.2) is 0 Å². The molecule has 0 spiro atoms. The summed E-state index contributed by atoms with van der Waals surface area (Å²) < 4.78 is 39.6. The molecule has 0 saturated carbocycles. The lowest BCUT2D eigenvalue weighted by Gasteiger charge is -2.39. The highest BCUT2D eigenvalue weighted by atomic mass is 35.5. The first-order chi connectivity index (χ1) is 12.6. The number of carbonyl (C=O) groups is 1. The smallest absolute Gasteiger partial charge is 0.417 e. The summed E-state index contributed by atoms with van der Waals surface area (Å²) in [7, 11) is 0. The number of likely N-dealkylation sites (tertiary alicyclic amines) is 1. The second-order valence-electron chi connectivity index (χ2n) is 6.53. The third kappa shape index (κ3) is 3.89. The average molecular weight is 400 g/mol. The van der Waals surface area contributed by atoms with Crippen molar-refractivity contribution in [3.63, 3.8) is 0 Å². The summed E-state index contributed by atoms with van der Waals surface area (Å²) in [5.41, 5.74) is -2.42. The predicted octanol–water partition coefficient (Wildman–Crippen LogP) is 4.19. The van der Waals surface area contributed by atoms with Crippen LogP contribution in [0.15, 0.2) is 42.5 Å². The number of nitrogens with zero attached hydrogens (tertiary/aromatic N) is 1. The van der Waals surface area contributed by atoms with E-state index in [0.29, 0.717) is 16.7 Å². The molecule has 2 aromatic carbocycles. The quantitative estimate of drug-likeness (QED) is 0.796. The van der Waals surface area contributed by atoms with Gasteiger partial charge in [-0.25, -0.2) is 0 Å². The van der Waals surface area contributed by atoms with Crippen LogP contribution in [0.1, 0.15) is 34.3 Å². The molecule has 27 heavy (non-hydrogen) atoms. The molecule has 144 valence electrons. The van der Waals surface area contributed by atoms with Crippen LogP contribution < -0.4 is 0 Å². The maximum absolute atomic E-state index is 13.2. The van der Waals surface area contributed by atoms with Gasteiger partial charge in [0.2, 0.25) is 0 Å². The summed E-state index contributed by atoms with van der Waals surface area (Å²) >= 11 is 6.14. The van der Waals surface area contributed by atoms with Gasteiger partial charge in [-0.1, -0.05) is 29.8 Å². The van der Waals surface area contributed by atoms with E-state index in [9.17, 15) is 28.2 Å². The Labute approximate surface area is 158 Å². The van der Waals surface area contributed by atoms with Gasteiger partial charge in [0.1, 0.15) is 5.75 Å². The van der Waals surface area contributed by atoms with Crippen molar-refractivity contribution in [3.05, 3.63) is 64.2 Å². The number of rotatable bonds is 2. The zero-order valence-corrected chi connectivity index (χ0v) is 14.9. The lowest BCUT2D eigenvalue weighted by atomic mass is 9.84. The number of phenolic OH excluding ortho intramolecular Hbond substituents is 1. The van der Waals surface area contributed by atoms with Gasteiger partial charge in [0, 0.05) is 23.7 Å². The van der Waals surface area contributed by atoms with Crippen LogP contribution >= 0.6 is 11.6 Å². The monoisotopic (exact) mass is 399 g/mol. The summed E-state index contributed by atoms with van der Waals surface area (Å²) in [6.07, 6.45) is -4.43. The van der Waals surface area contributed by atoms with E-state index in [1.54, 1.807) is 24.3 Å². The van der Waals surface area contributed by atoms with Gasteiger partial charge < -0.3 is 15.1 Å². The number of phenols is 1. The van der Waals surface area contributed by atoms with E-state index < -0.39 is 34.6 Å². The summed E-state index contributed by atoms with van der Waals surface area (Å²) in [4.78, 5) is 13.9. The van der Waals surface area contributed by atoms with Crippen molar-refractivity contribution in [1.29, 1.82) is 0 Å². The molecule has 4 nitrogen and oxygen atoms in total. The Bertz CT molecular complexity index is 862. The molecule has 2 N–H and O–H groups in total. The molecule has 1 aliphatic rings. The van der Waals surface area contributed by atoms with E-state index >= 15 is 0 Å². The Morgan fingerprint density at radius 1 is 1.11 bits per heavy atom. The molecular formula is C19H17ClF3NO3. The van der Waals surface area contributed by atoms with Crippen molar-refractivity contribution in [1.82, 2.24) is 4.90 Å². The Kier molecular flexibility index (Phi) is 5.10. The summed E-state index contributed by atoms with van der Waals surface area (Å²) in [5, 5.41) is 20.8. The minimum absolute atomic E-state index is 0.0630. The van der Waals surface area contributed by atoms with Gasteiger partial charge >= 0.3 is 6.18 Å². The van der Waals surface area contributed by atoms with Crippen LogP contribution in [0.3, 0.4) is 0 Å². The first kappa shape index (κ1) is 19.5. The molecule has 2 aromatic rings. The van der Waals surface area contributed by atoms with Crippen molar-refractivity contribution < 1.29 is 28.2 Å². The number of hydrogen-bond donors (Lipinski definition) is 2. The number of benzene rings is 2. The van der Waals surface area contributed by atoms with Crippen molar-refractivity contribution in [2.75, 3.05) is 13.1 Å². The standard InChI is InChI=1S/C19H17ClF3NO3/c20-16-4-2-1-3-15(16)18(27)7-9-24(10-8-18)17(26)13-11-12(25)5-6-14(13)19(21,22)23/h1-6,11,25,27H,7-10H2. The Morgan fingerprint density at radius 3 is 2.33 bits per heavy atom. The first-order valence-electron chi connectivity index (χ1n) is 8.29. The van der Waals surface area contributed by atoms with Gasteiger partial charge in [-0.2, -0.15) is 13.2 Å². The Balaban J connectivity index is 1.82. The van der Waals surface area contributed by atoms with Crippen LogP contribution in [0.2, 0.25) is 5.02 Å². The second-order valence-corrected chi connectivity index (χ2v) is 6.94. The molecule has 0 atom stereocenters. The first-order valence-corrected chi connectivity index (χ1v) is 8.66. The van der Waals surface area contributed by atoms with Crippen LogP contribution in [0, 0.1) is 0 Å². The highest BCUT2D eigenvalue weighted by Crippen LogP contribution is 2.38. The molecular weight excluding hydrogens is 383 g/mol. The molecule has 3 rings (SSSR count). The van der Waals surface area contributed by atoms with Crippen LogP contribution in [-0.4, -0.2) is 34.1 Å². The van der Waals surface area contributed by atoms with E-state index in [-0.39, 0.29) is 25.9 Å². The fourth-order valence-electron chi connectivity index (χ4n) is 3.31. The minimum Gasteiger partial charge on any atom is -0.508 e. The number of aliphatic hydroxyl groups is 1. The number of carbonyl (C=O) groups excluding carboxylic acids is 1. The number of alkyl halides is 3. The maximum atomic E-state index is 13.2. The molecule has 1 saturated heterocycles. The Morgan fingerprint density at radius 2 is 1.74 bits per heavy atom. The molecule has 1 amide bonds. The average Bonchev–Trinajstić information content (AvgIpc) is 2.61. The van der Waals surface area contributed by atoms with E-state index in [0.717, 1.165) is 12.1 Å². The molecule has 0 aromatic heterocycles. The SMILES string of the molecule is O=C(c1cc(O)ccc1C(F)(F)F)N1CCC(O)(c2ccccc2Cl)CC1. The van der Waals surface area contributed by atoms with Gasteiger partial charge in [0.05, 0.1) is 16.7 Å². The van der Waals surface area contributed by atoms with Crippen LogP contribution in [0.5, 0.6) is 5.75 Å². The molecule has 1 fully saturated rings. The molecule has 1 heterocycles. The predicted molar refractivity (Wildman–Crippen MR) is 93.6 cm³/mol. The minimum atomic E-state index is -4.72. The number of aromatic hydroxyl groups is 1. The van der Waals surface area contributed by atoms with Crippen molar-refractivity contribution in [3.8, 4) is 5.75 Å². The number of halogens is 4. The highest BCUT2D eigenvalue weighted by molar-refractivity contribution is 6.31. The van der Waals surface area contributed by atoms with Crippen molar-refractivity contribution in [2.45, 2.75) is 24.6 Å². The van der Waals surface area contributed by atoms with Crippen molar-refractivity contribution in [2.24, 2.45) is 0 Å². The van der Waals surface area contributed by atoms with Gasteiger partial charge in [0.25, 0.3) is 5.91 Å². The van der Waals surface area contributed by atoms with Crippen molar-refractivity contribution >= 4 is 17.5 Å². The zero-order valence-electron chi connectivity index (χ0n) is 14.1. The second kappa shape index (κ2) is 7.05. The Hall–Kier alpha value is -2.25. The van der Waals surface area contributed by atoms with E-state index in [2.05, 4.69) is 0 Å². The maximum Gasteiger partial charge on any atom is 0.417 e. The lowest BCUT2D eigenvalue weighted by molar-refractivity contribution is -0.138. The van der Waals surface area contributed by atoms with Crippen LogP contribution in [0.4, 0.5) is 13.2 Å². The lowest BCUT2D eigenvalue weighted by Crippen LogP contribution is -2.45. The molecule has 0 bridgehead atoms. The topological polar surface area (TPSA) is 60.8 Å². The van der Waals surface area contributed by atoms with E-state index in [4.69, 9.17) is 11.6 Å². The van der Waals surface area contributed by atoms with Gasteiger partial charge in [-0.05, 0) is 37.1 Å². The van der Waals surface area contributed by atoms with E-state index in [1.165, 1.54) is 4.90 Å². The molecule has 0 radical (unpaired) electrons. The largest absolute Gasteiger partial charge is 0.508 e. The molecule has 0 aliphatic carbocycles. The number of hydrogen-bond acceptors (Lipinski definition) is 3. The number of amides is 1. The number of piperidine rings is 1.